The van der Waals surface area contributed by atoms with Gasteiger partial charge in [0.05, 0.1) is 17.9 Å². The van der Waals surface area contributed by atoms with Gasteiger partial charge in [0.25, 0.3) is 10.0 Å². The van der Waals surface area contributed by atoms with Crippen LogP contribution >= 0.6 is 0 Å². The van der Waals surface area contributed by atoms with E-state index in [-0.39, 0.29) is 10.4 Å². The molecule has 0 fully saturated rings. The average molecular weight is 325 g/mol. The SMILES string of the molecule is CC(C)Cc1cn[nH]c1NS(=O)(=O)c1cnn(C(C)(C)C)c1. The van der Waals surface area contributed by atoms with E-state index in [9.17, 15) is 8.42 Å². The molecule has 122 valence electrons. The number of sulfonamides is 1. The predicted molar refractivity (Wildman–Crippen MR) is 85.2 cm³/mol. The number of H-pyrrole nitrogens is 1. The standard InChI is InChI=1S/C14H23N5O2S/c1-10(2)6-11-7-15-17-13(11)18-22(20,21)12-8-16-19(9-12)14(3,4)5/h7-10H,6H2,1-5H3,(H2,15,17,18). The van der Waals surface area contributed by atoms with E-state index in [1.165, 1.54) is 12.4 Å². The van der Waals surface area contributed by atoms with Crippen molar-refractivity contribution < 1.29 is 8.42 Å². The molecule has 0 atom stereocenters. The molecule has 0 saturated carbocycles. The predicted octanol–water partition coefficient (Wildman–Crippen LogP) is 2.36. The fourth-order valence-corrected chi connectivity index (χ4v) is 2.99. The van der Waals surface area contributed by atoms with Crippen LogP contribution < -0.4 is 4.72 Å². The molecule has 0 aliphatic heterocycles. The first-order valence-electron chi connectivity index (χ1n) is 7.20. The fraction of sp³-hybridized carbons (Fsp3) is 0.571. The third-order valence-electron chi connectivity index (χ3n) is 3.14. The molecule has 0 aromatic carbocycles. The van der Waals surface area contributed by atoms with Crippen molar-refractivity contribution in [3.63, 3.8) is 0 Å². The topological polar surface area (TPSA) is 92.7 Å². The Morgan fingerprint density at radius 2 is 2.00 bits per heavy atom. The van der Waals surface area contributed by atoms with Gasteiger partial charge in [0.15, 0.2) is 0 Å². The number of aromatic nitrogens is 4. The molecule has 7 nitrogen and oxygen atoms in total. The third kappa shape index (κ3) is 3.68. The van der Waals surface area contributed by atoms with Crippen LogP contribution in [0, 0.1) is 5.92 Å². The van der Waals surface area contributed by atoms with Gasteiger partial charge in [0.1, 0.15) is 10.7 Å². The van der Waals surface area contributed by atoms with Gasteiger partial charge in [-0.3, -0.25) is 14.5 Å². The Labute approximate surface area is 131 Å². The molecule has 2 aromatic heterocycles. The summed E-state index contributed by atoms with van der Waals surface area (Å²) in [5.41, 5.74) is 0.576. The van der Waals surface area contributed by atoms with Crippen molar-refractivity contribution in [2.75, 3.05) is 4.72 Å². The molecule has 0 unspecified atom stereocenters. The van der Waals surface area contributed by atoms with E-state index < -0.39 is 10.0 Å². The second-order valence-electron chi connectivity index (χ2n) is 6.77. The Bertz CT molecular complexity index is 737. The van der Waals surface area contributed by atoms with Crippen LogP contribution in [0.25, 0.3) is 0 Å². The molecule has 0 amide bonds. The zero-order chi connectivity index (χ0) is 16.5. The van der Waals surface area contributed by atoms with Crippen molar-refractivity contribution in [1.82, 2.24) is 20.0 Å². The van der Waals surface area contributed by atoms with Crippen LogP contribution in [-0.4, -0.2) is 28.4 Å². The van der Waals surface area contributed by atoms with Crippen LogP contribution in [0.4, 0.5) is 5.82 Å². The number of rotatable bonds is 5. The number of anilines is 1. The van der Waals surface area contributed by atoms with Gasteiger partial charge < -0.3 is 0 Å². The minimum absolute atomic E-state index is 0.132. The summed E-state index contributed by atoms with van der Waals surface area (Å²) in [5.74, 6) is 0.821. The van der Waals surface area contributed by atoms with Gasteiger partial charge in [-0.1, -0.05) is 13.8 Å². The first kappa shape index (κ1) is 16.5. The van der Waals surface area contributed by atoms with Gasteiger partial charge in [-0.2, -0.15) is 10.2 Å². The number of hydrogen-bond acceptors (Lipinski definition) is 4. The van der Waals surface area contributed by atoms with Crippen LogP contribution in [0.2, 0.25) is 0 Å². The fourth-order valence-electron chi connectivity index (χ4n) is 2.00. The molecule has 0 aliphatic rings. The van der Waals surface area contributed by atoms with Gasteiger partial charge in [-0.15, -0.1) is 0 Å². The van der Waals surface area contributed by atoms with E-state index in [0.717, 1.165) is 12.0 Å². The molecule has 2 rings (SSSR count). The Morgan fingerprint density at radius 1 is 1.32 bits per heavy atom. The molecule has 0 aliphatic carbocycles. The van der Waals surface area contributed by atoms with Crippen LogP contribution in [0.15, 0.2) is 23.5 Å². The summed E-state index contributed by atoms with van der Waals surface area (Å²) in [6.45, 7) is 10.0. The van der Waals surface area contributed by atoms with Crippen LogP contribution in [-0.2, 0) is 22.0 Å². The van der Waals surface area contributed by atoms with Gasteiger partial charge >= 0.3 is 0 Å². The van der Waals surface area contributed by atoms with Gasteiger partial charge in [-0.05, 0) is 33.1 Å². The minimum atomic E-state index is -3.69. The Kier molecular flexibility index (Phi) is 4.32. The maximum Gasteiger partial charge on any atom is 0.266 e. The first-order chi connectivity index (χ1) is 10.1. The number of nitrogens with zero attached hydrogens (tertiary/aromatic N) is 3. The van der Waals surface area contributed by atoms with Crippen molar-refractivity contribution in [2.24, 2.45) is 5.92 Å². The largest absolute Gasteiger partial charge is 0.266 e. The molecule has 8 heteroatoms. The van der Waals surface area contributed by atoms with Crippen molar-refractivity contribution in [3.8, 4) is 0 Å². The van der Waals surface area contributed by atoms with Crippen LogP contribution in [0.3, 0.4) is 0 Å². The first-order valence-corrected chi connectivity index (χ1v) is 8.68. The molecule has 0 bridgehead atoms. The summed E-state index contributed by atoms with van der Waals surface area (Å²) >= 11 is 0. The molecule has 0 spiro atoms. The van der Waals surface area contributed by atoms with Crippen LogP contribution in [0.5, 0.6) is 0 Å². The summed E-state index contributed by atoms with van der Waals surface area (Å²) in [6, 6.07) is 0. The van der Waals surface area contributed by atoms with E-state index in [2.05, 4.69) is 33.9 Å². The second kappa shape index (κ2) is 5.75. The van der Waals surface area contributed by atoms with E-state index in [1.54, 1.807) is 10.9 Å². The highest BCUT2D eigenvalue weighted by atomic mass is 32.2. The number of nitrogens with one attached hydrogen (secondary N) is 2. The minimum Gasteiger partial charge on any atom is -0.266 e. The Morgan fingerprint density at radius 3 is 2.55 bits per heavy atom. The lowest BCUT2D eigenvalue weighted by atomic mass is 10.1. The summed E-state index contributed by atoms with van der Waals surface area (Å²) in [5, 5.41) is 10.8. The summed E-state index contributed by atoms with van der Waals surface area (Å²) in [6.07, 6.45) is 5.28. The molecule has 2 N–H and O–H groups in total. The smallest absolute Gasteiger partial charge is 0.266 e. The summed E-state index contributed by atoms with van der Waals surface area (Å²) in [4.78, 5) is 0.132. The van der Waals surface area contributed by atoms with E-state index in [0.29, 0.717) is 11.7 Å². The maximum absolute atomic E-state index is 12.5. The Hall–Kier alpha value is -1.83. The highest BCUT2D eigenvalue weighted by Crippen LogP contribution is 2.21. The molecule has 22 heavy (non-hydrogen) atoms. The van der Waals surface area contributed by atoms with E-state index in [4.69, 9.17) is 0 Å². The molecular weight excluding hydrogens is 302 g/mol. The van der Waals surface area contributed by atoms with Gasteiger partial charge in [-0.25, -0.2) is 8.42 Å². The van der Waals surface area contributed by atoms with E-state index >= 15 is 0 Å². The van der Waals surface area contributed by atoms with E-state index in [1.807, 2.05) is 20.8 Å². The molecule has 2 heterocycles. The monoisotopic (exact) mass is 325 g/mol. The second-order valence-corrected chi connectivity index (χ2v) is 8.45. The normalized spacial score (nSPS) is 12.8. The summed E-state index contributed by atoms with van der Waals surface area (Å²) < 4.78 is 29.1. The van der Waals surface area contributed by atoms with Crippen LogP contribution in [0.1, 0.15) is 40.2 Å². The lowest BCUT2D eigenvalue weighted by Gasteiger charge is -2.18. The van der Waals surface area contributed by atoms with Crippen molar-refractivity contribution >= 4 is 15.8 Å². The molecule has 0 saturated heterocycles. The van der Waals surface area contributed by atoms with Crippen molar-refractivity contribution in [3.05, 3.63) is 24.2 Å². The quantitative estimate of drug-likeness (QED) is 0.882. The third-order valence-corrected chi connectivity index (χ3v) is 4.44. The van der Waals surface area contributed by atoms with Crippen molar-refractivity contribution in [1.29, 1.82) is 0 Å². The maximum atomic E-state index is 12.5. The lowest BCUT2D eigenvalue weighted by molar-refractivity contribution is 0.355. The Balaban J connectivity index is 2.25. The zero-order valence-electron chi connectivity index (χ0n) is 13.6. The molecule has 2 aromatic rings. The highest BCUT2D eigenvalue weighted by molar-refractivity contribution is 7.92. The average Bonchev–Trinajstić information content (AvgIpc) is 2.97. The van der Waals surface area contributed by atoms with Gasteiger partial charge in [0, 0.05) is 11.8 Å². The highest BCUT2D eigenvalue weighted by Gasteiger charge is 2.22. The number of aromatic amines is 1. The summed E-state index contributed by atoms with van der Waals surface area (Å²) in [7, 11) is -3.69. The van der Waals surface area contributed by atoms with Gasteiger partial charge in [0.2, 0.25) is 0 Å². The number of hydrogen-bond donors (Lipinski definition) is 2. The van der Waals surface area contributed by atoms with Crippen molar-refractivity contribution in [2.45, 2.75) is 51.5 Å². The molecule has 0 radical (unpaired) electrons. The molecular formula is C14H23N5O2S. The lowest BCUT2D eigenvalue weighted by Crippen LogP contribution is -2.22. The zero-order valence-corrected chi connectivity index (χ0v) is 14.4.